The molecule has 20 heavy (non-hydrogen) atoms. The maximum absolute atomic E-state index is 8.85. The molecule has 0 aromatic heterocycles. The highest BCUT2D eigenvalue weighted by Gasteiger charge is 2.14. The third-order valence-corrected chi connectivity index (χ3v) is 3.07. The molecule has 4 nitrogen and oxygen atoms in total. The van der Waals surface area contributed by atoms with Crippen LogP contribution >= 0.6 is 0 Å². The molecule has 4 heteroatoms. The number of anilines is 3. The summed E-state index contributed by atoms with van der Waals surface area (Å²) in [5, 5.41) is 8.85. The molecule has 0 aliphatic rings. The van der Waals surface area contributed by atoms with Crippen LogP contribution in [0.25, 0.3) is 0 Å². The van der Waals surface area contributed by atoms with Gasteiger partial charge in [-0.1, -0.05) is 24.3 Å². The number of nitriles is 1. The maximum Gasteiger partial charge on any atom is 0.143 e. The fourth-order valence-electron chi connectivity index (χ4n) is 2.10. The zero-order valence-electron chi connectivity index (χ0n) is 11.4. The summed E-state index contributed by atoms with van der Waals surface area (Å²) in [5.41, 5.74) is 8.59. The average Bonchev–Trinajstić information content (AvgIpc) is 2.50. The number of nitrogen functional groups attached to an aromatic ring is 1. The van der Waals surface area contributed by atoms with Crippen LogP contribution in [0.2, 0.25) is 0 Å². The number of rotatable bonds is 5. The largest absolute Gasteiger partial charge is 0.495 e. The van der Waals surface area contributed by atoms with Gasteiger partial charge in [0.15, 0.2) is 0 Å². The number of hydrogen-bond donors (Lipinski definition) is 1. The standard InChI is InChI=1S/C16H17N3O/c1-20-15-10-5-9-14(16(15)18)19(12-6-11-17)13-7-3-2-4-8-13/h2-5,7-10H,6,12,18H2,1H3. The first-order chi connectivity index (χ1) is 9.77. The summed E-state index contributed by atoms with van der Waals surface area (Å²) in [6.45, 7) is 0.581. The summed E-state index contributed by atoms with van der Waals surface area (Å²) in [7, 11) is 1.59. The zero-order valence-corrected chi connectivity index (χ0v) is 11.4. The third-order valence-electron chi connectivity index (χ3n) is 3.07. The van der Waals surface area contributed by atoms with E-state index in [1.165, 1.54) is 0 Å². The normalized spacial score (nSPS) is 9.80. The fraction of sp³-hybridized carbons (Fsp3) is 0.188. The second-order valence-electron chi connectivity index (χ2n) is 4.29. The van der Waals surface area contributed by atoms with Gasteiger partial charge in [0.05, 0.1) is 31.0 Å². The Morgan fingerprint density at radius 3 is 2.55 bits per heavy atom. The van der Waals surface area contributed by atoms with Crippen LogP contribution < -0.4 is 15.4 Å². The Bertz CT molecular complexity index is 605. The molecular weight excluding hydrogens is 250 g/mol. The average molecular weight is 267 g/mol. The second-order valence-corrected chi connectivity index (χ2v) is 4.29. The molecule has 0 amide bonds. The number of benzene rings is 2. The van der Waals surface area contributed by atoms with Crippen molar-refractivity contribution in [2.24, 2.45) is 0 Å². The second kappa shape index (κ2) is 6.48. The predicted octanol–water partition coefficient (Wildman–Crippen LogP) is 3.33. The van der Waals surface area contributed by atoms with Crippen LogP contribution in [0.1, 0.15) is 6.42 Å². The zero-order chi connectivity index (χ0) is 14.4. The smallest absolute Gasteiger partial charge is 0.143 e. The van der Waals surface area contributed by atoms with Gasteiger partial charge in [0.25, 0.3) is 0 Å². The van der Waals surface area contributed by atoms with Gasteiger partial charge in [-0.15, -0.1) is 0 Å². The van der Waals surface area contributed by atoms with Gasteiger partial charge in [0.2, 0.25) is 0 Å². The first kappa shape index (κ1) is 13.8. The number of nitrogens with two attached hydrogens (primary N) is 1. The van der Waals surface area contributed by atoms with E-state index in [4.69, 9.17) is 15.7 Å². The molecule has 0 aliphatic carbocycles. The highest BCUT2D eigenvalue weighted by atomic mass is 16.5. The van der Waals surface area contributed by atoms with Gasteiger partial charge in [-0.2, -0.15) is 5.26 Å². The summed E-state index contributed by atoms with van der Waals surface area (Å²) in [6.07, 6.45) is 0.422. The van der Waals surface area contributed by atoms with Crippen LogP contribution in [0.5, 0.6) is 5.75 Å². The van der Waals surface area contributed by atoms with E-state index < -0.39 is 0 Å². The summed E-state index contributed by atoms with van der Waals surface area (Å²) < 4.78 is 5.26. The van der Waals surface area contributed by atoms with E-state index in [9.17, 15) is 0 Å². The topological polar surface area (TPSA) is 62.3 Å². The molecule has 0 unspecified atom stereocenters. The van der Waals surface area contributed by atoms with Gasteiger partial charge in [0, 0.05) is 12.2 Å². The minimum absolute atomic E-state index is 0.422. The van der Waals surface area contributed by atoms with Crippen molar-refractivity contribution in [2.75, 3.05) is 24.3 Å². The van der Waals surface area contributed by atoms with Crippen LogP contribution in [0.15, 0.2) is 48.5 Å². The molecule has 2 N–H and O–H groups in total. The molecule has 102 valence electrons. The Kier molecular flexibility index (Phi) is 4.46. The molecule has 0 saturated carbocycles. The Labute approximate surface area is 119 Å². The van der Waals surface area contributed by atoms with E-state index in [0.717, 1.165) is 11.4 Å². The van der Waals surface area contributed by atoms with Crippen molar-refractivity contribution in [2.45, 2.75) is 6.42 Å². The van der Waals surface area contributed by atoms with Gasteiger partial charge in [-0.3, -0.25) is 0 Å². The van der Waals surface area contributed by atoms with Crippen molar-refractivity contribution in [3.63, 3.8) is 0 Å². The lowest BCUT2D eigenvalue weighted by atomic mass is 10.2. The van der Waals surface area contributed by atoms with Crippen molar-refractivity contribution in [3.8, 4) is 11.8 Å². The van der Waals surface area contributed by atoms with Crippen molar-refractivity contribution in [1.29, 1.82) is 5.26 Å². The monoisotopic (exact) mass is 267 g/mol. The van der Waals surface area contributed by atoms with Crippen molar-refractivity contribution in [1.82, 2.24) is 0 Å². The van der Waals surface area contributed by atoms with Crippen molar-refractivity contribution < 1.29 is 4.74 Å². The summed E-state index contributed by atoms with van der Waals surface area (Å²) in [4.78, 5) is 2.03. The van der Waals surface area contributed by atoms with Crippen LogP contribution in [0.3, 0.4) is 0 Å². The molecule has 0 aliphatic heterocycles. The Morgan fingerprint density at radius 1 is 1.15 bits per heavy atom. The van der Waals surface area contributed by atoms with Crippen LogP contribution in [-0.4, -0.2) is 13.7 Å². The van der Waals surface area contributed by atoms with Crippen molar-refractivity contribution in [3.05, 3.63) is 48.5 Å². The molecule has 0 heterocycles. The van der Waals surface area contributed by atoms with E-state index in [1.54, 1.807) is 7.11 Å². The van der Waals surface area contributed by atoms with E-state index in [-0.39, 0.29) is 0 Å². The van der Waals surface area contributed by atoms with E-state index >= 15 is 0 Å². The molecule has 0 bridgehead atoms. The lowest BCUT2D eigenvalue weighted by Gasteiger charge is -2.26. The van der Waals surface area contributed by atoms with Gasteiger partial charge in [-0.25, -0.2) is 0 Å². The highest BCUT2D eigenvalue weighted by molar-refractivity contribution is 5.79. The Hall–Kier alpha value is -2.67. The molecular formula is C16H17N3O. The summed E-state index contributed by atoms with van der Waals surface area (Å²) in [6, 6.07) is 17.7. The quantitative estimate of drug-likeness (QED) is 0.844. The van der Waals surface area contributed by atoms with Gasteiger partial charge in [0.1, 0.15) is 5.75 Å². The van der Waals surface area contributed by atoms with Gasteiger partial charge >= 0.3 is 0 Å². The van der Waals surface area contributed by atoms with Crippen LogP contribution in [0, 0.1) is 11.3 Å². The first-order valence-electron chi connectivity index (χ1n) is 6.40. The minimum Gasteiger partial charge on any atom is -0.495 e. The van der Waals surface area contributed by atoms with E-state index in [2.05, 4.69) is 6.07 Å². The van der Waals surface area contributed by atoms with Crippen molar-refractivity contribution >= 4 is 17.1 Å². The van der Waals surface area contributed by atoms with Gasteiger partial charge in [-0.05, 0) is 24.3 Å². The third kappa shape index (κ3) is 2.83. The first-order valence-corrected chi connectivity index (χ1v) is 6.40. The minimum atomic E-state index is 0.422. The molecule has 2 aromatic carbocycles. The van der Waals surface area contributed by atoms with E-state index in [1.807, 2.05) is 53.4 Å². The predicted molar refractivity (Wildman–Crippen MR) is 81.1 cm³/mol. The lowest BCUT2D eigenvalue weighted by molar-refractivity contribution is 0.417. The lowest BCUT2D eigenvalue weighted by Crippen LogP contribution is -2.19. The molecule has 2 rings (SSSR count). The number of hydrogen-bond acceptors (Lipinski definition) is 4. The summed E-state index contributed by atoms with van der Waals surface area (Å²) >= 11 is 0. The van der Waals surface area contributed by atoms with Crippen LogP contribution in [0.4, 0.5) is 17.1 Å². The molecule has 0 spiro atoms. The van der Waals surface area contributed by atoms with Crippen LogP contribution in [-0.2, 0) is 0 Å². The molecule has 2 aromatic rings. The Morgan fingerprint density at radius 2 is 1.90 bits per heavy atom. The van der Waals surface area contributed by atoms with E-state index in [0.29, 0.717) is 24.4 Å². The van der Waals surface area contributed by atoms with Gasteiger partial charge < -0.3 is 15.4 Å². The number of ether oxygens (including phenoxy) is 1. The SMILES string of the molecule is COc1cccc(N(CCC#N)c2ccccc2)c1N. The molecule has 0 radical (unpaired) electrons. The molecule has 0 fully saturated rings. The molecule has 0 atom stereocenters. The number of methoxy groups -OCH3 is 1. The fourth-order valence-corrected chi connectivity index (χ4v) is 2.10. The summed E-state index contributed by atoms with van der Waals surface area (Å²) in [5.74, 6) is 0.639. The molecule has 0 saturated heterocycles. The number of para-hydroxylation sites is 2. The Balaban J connectivity index is 2.44. The number of nitrogens with zero attached hydrogens (tertiary/aromatic N) is 2. The highest BCUT2D eigenvalue weighted by Crippen LogP contribution is 2.36. The maximum atomic E-state index is 8.85.